The van der Waals surface area contributed by atoms with Gasteiger partial charge in [0.05, 0.1) is 13.5 Å². The van der Waals surface area contributed by atoms with Crippen molar-refractivity contribution in [2.45, 2.75) is 52.4 Å². The van der Waals surface area contributed by atoms with Crippen molar-refractivity contribution in [2.75, 3.05) is 7.11 Å². The van der Waals surface area contributed by atoms with Gasteiger partial charge in [0.1, 0.15) is 5.41 Å². The van der Waals surface area contributed by atoms with E-state index < -0.39 is 35.3 Å². The molecule has 0 spiro atoms. The molecular weight excluding hydrogens is 288 g/mol. The van der Waals surface area contributed by atoms with Crippen molar-refractivity contribution in [3.8, 4) is 0 Å². The number of carboxylic acids is 2. The molecule has 0 aromatic heterocycles. The van der Waals surface area contributed by atoms with Crippen LogP contribution in [0.2, 0.25) is 0 Å². The Kier molecular flexibility index (Phi) is 8.45. The number of carboxylic acid groups (broad SMARTS) is 2. The molecule has 22 heavy (non-hydrogen) atoms. The van der Waals surface area contributed by atoms with E-state index in [4.69, 9.17) is 0 Å². The van der Waals surface area contributed by atoms with Crippen LogP contribution in [0.1, 0.15) is 52.4 Å². The number of esters is 1. The summed E-state index contributed by atoms with van der Waals surface area (Å²) in [5.74, 6) is -3.50. The fourth-order valence-electron chi connectivity index (χ4n) is 2.55. The highest BCUT2D eigenvalue weighted by atomic mass is 16.5. The molecule has 0 amide bonds. The Bertz CT molecular complexity index is 428. The van der Waals surface area contributed by atoms with Crippen molar-refractivity contribution >= 4 is 17.9 Å². The molecule has 0 bridgehead atoms. The van der Waals surface area contributed by atoms with Gasteiger partial charge in [-0.05, 0) is 12.3 Å². The predicted molar refractivity (Wildman–Crippen MR) is 81.4 cm³/mol. The van der Waals surface area contributed by atoms with E-state index in [0.717, 1.165) is 26.4 Å². The van der Waals surface area contributed by atoms with Gasteiger partial charge in [-0.1, -0.05) is 46.1 Å². The smallest absolute Gasteiger partial charge is 0.332 e. The summed E-state index contributed by atoms with van der Waals surface area (Å²) in [7, 11) is 1.15. The second-order valence-corrected chi connectivity index (χ2v) is 5.54. The molecule has 0 aromatic carbocycles. The summed E-state index contributed by atoms with van der Waals surface area (Å²) in [5.41, 5.74) is -2.30. The molecule has 2 N–H and O–H groups in total. The third-order valence-corrected chi connectivity index (χ3v) is 4.10. The summed E-state index contributed by atoms with van der Waals surface area (Å²) in [6.45, 7) is 7.37. The molecule has 6 nitrogen and oxygen atoms in total. The molecule has 2 atom stereocenters. The first kappa shape index (κ1) is 20.1. The number of carbonyl (C=O) groups is 3. The topological polar surface area (TPSA) is 101 Å². The zero-order valence-electron chi connectivity index (χ0n) is 13.6. The number of carbonyl (C=O) groups excluding carboxylic acids is 1. The lowest BCUT2D eigenvalue weighted by Gasteiger charge is -2.32. The molecule has 0 aliphatic rings. The van der Waals surface area contributed by atoms with E-state index in [1.807, 2.05) is 13.8 Å². The van der Waals surface area contributed by atoms with Crippen molar-refractivity contribution in [1.82, 2.24) is 0 Å². The van der Waals surface area contributed by atoms with E-state index in [-0.39, 0.29) is 12.3 Å². The monoisotopic (exact) mass is 314 g/mol. The normalized spacial score (nSPS) is 14.7. The van der Waals surface area contributed by atoms with Crippen LogP contribution in [-0.4, -0.2) is 35.2 Å². The maximum atomic E-state index is 11.8. The highest BCUT2D eigenvalue weighted by Gasteiger charge is 2.47. The Morgan fingerprint density at radius 3 is 2.18 bits per heavy atom. The van der Waals surface area contributed by atoms with Crippen molar-refractivity contribution in [2.24, 2.45) is 11.3 Å². The van der Waals surface area contributed by atoms with Crippen molar-refractivity contribution < 1.29 is 29.3 Å². The molecule has 2 unspecified atom stereocenters. The fourth-order valence-corrected chi connectivity index (χ4v) is 2.55. The van der Waals surface area contributed by atoms with Crippen LogP contribution in [0.3, 0.4) is 0 Å². The Hall–Kier alpha value is -1.85. The SMILES string of the molecule is C=C(C(=O)O)C(CC(=O)OC)(CC(CC)CCCC)C(=O)O. The maximum absolute atomic E-state index is 11.8. The summed E-state index contributed by atoms with van der Waals surface area (Å²) < 4.78 is 4.55. The van der Waals surface area contributed by atoms with Crippen LogP contribution in [0.5, 0.6) is 0 Å². The minimum Gasteiger partial charge on any atom is -0.481 e. The second-order valence-electron chi connectivity index (χ2n) is 5.54. The van der Waals surface area contributed by atoms with Crippen LogP contribution in [0.15, 0.2) is 12.2 Å². The summed E-state index contributed by atoms with van der Waals surface area (Å²) in [6, 6.07) is 0. The Labute approximate surface area is 131 Å². The Balaban J connectivity index is 5.61. The highest BCUT2D eigenvalue weighted by Crippen LogP contribution is 2.40. The van der Waals surface area contributed by atoms with Crippen LogP contribution in [0, 0.1) is 11.3 Å². The Morgan fingerprint density at radius 1 is 1.23 bits per heavy atom. The first-order valence-electron chi connectivity index (χ1n) is 7.48. The highest BCUT2D eigenvalue weighted by molar-refractivity contribution is 5.98. The largest absolute Gasteiger partial charge is 0.481 e. The lowest BCUT2D eigenvalue weighted by atomic mass is 9.70. The standard InChI is InChI=1S/C16H26O6/c1-5-7-8-12(6-2)9-16(15(20)21,10-13(17)22-4)11(3)14(18)19/h12H,3,5-10H2,1-2,4H3,(H,18,19)(H,20,21). The van der Waals surface area contributed by atoms with Gasteiger partial charge in [0.15, 0.2) is 0 Å². The van der Waals surface area contributed by atoms with Gasteiger partial charge in [-0.25, -0.2) is 4.79 Å². The predicted octanol–water partition coefficient (Wildman–Crippen LogP) is 2.87. The third kappa shape index (κ3) is 5.16. The van der Waals surface area contributed by atoms with Crippen LogP contribution in [-0.2, 0) is 19.1 Å². The van der Waals surface area contributed by atoms with Gasteiger partial charge in [0.2, 0.25) is 0 Å². The molecule has 0 fully saturated rings. The number of aliphatic carboxylic acids is 2. The van der Waals surface area contributed by atoms with Gasteiger partial charge in [-0.2, -0.15) is 0 Å². The van der Waals surface area contributed by atoms with Crippen molar-refractivity contribution in [1.29, 1.82) is 0 Å². The molecular formula is C16H26O6. The lowest BCUT2D eigenvalue weighted by Crippen LogP contribution is -2.40. The maximum Gasteiger partial charge on any atom is 0.332 e. The molecule has 126 valence electrons. The number of ether oxygens (including phenoxy) is 1. The summed E-state index contributed by atoms with van der Waals surface area (Å²) in [4.78, 5) is 34.7. The summed E-state index contributed by atoms with van der Waals surface area (Å²) >= 11 is 0. The van der Waals surface area contributed by atoms with E-state index in [9.17, 15) is 24.6 Å². The molecule has 0 radical (unpaired) electrons. The average Bonchev–Trinajstić information content (AvgIpc) is 2.48. The van der Waals surface area contributed by atoms with Crippen LogP contribution >= 0.6 is 0 Å². The first-order valence-corrected chi connectivity index (χ1v) is 7.48. The summed E-state index contributed by atoms with van der Waals surface area (Å²) in [5, 5.41) is 18.8. The van der Waals surface area contributed by atoms with Crippen LogP contribution < -0.4 is 0 Å². The second kappa shape index (κ2) is 9.23. The van der Waals surface area contributed by atoms with Gasteiger partial charge >= 0.3 is 17.9 Å². The fraction of sp³-hybridized carbons (Fsp3) is 0.688. The van der Waals surface area contributed by atoms with Crippen molar-refractivity contribution in [3.05, 3.63) is 12.2 Å². The Morgan fingerprint density at radius 2 is 1.82 bits per heavy atom. The van der Waals surface area contributed by atoms with E-state index in [1.54, 1.807) is 0 Å². The van der Waals surface area contributed by atoms with Gasteiger partial charge < -0.3 is 14.9 Å². The molecule has 0 aliphatic heterocycles. The third-order valence-electron chi connectivity index (χ3n) is 4.10. The molecule has 0 saturated heterocycles. The van der Waals surface area contributed by atoms with Crippen molar-refractivity contribution in [3.63, 3.8) is 0 Å². The van der Waals surface area contributed by atoms with Crippen LogP contribution in [0.4, 0.5) is 0 Å². The van der Waals surface area contributed by atoms with Gasteiger partial charge in [-0.15, -0.1) is 0 Å². The molecule has 0 rings (SSSR count). The minimum absolute atomic E-state index is 0.0109. The van der Waals surface area contributed by atoms with Gasteiger partial charge in [-0.3, -0.25) is 9.59 Å². The quantitative estimate of drug-likeness (QED) is 0.449. The molecule has 0 aliphatic carbocycles. The van der Waals surface area contributed by atoms with Gasteiger partial charge in [0, 0.05) is 5.57 Å². The molecule has 0 saturated carbocycles. The van der Waals surface area contributed by atoms with E-state index in [2.05, 4.69) is 11.3 Å². The number of unbranched alkanes of at least 4 members (excludes halogenated alkanes) is 1. The number of rotatable bonds is 11. The van der Waals surface area contributed by atoms with E-state index >= 15 is 0 Å². The zero-order chi connectivity index (χ0) is 17.3. The molecule has 0 aromatic rings. The first-order chi connectivity index (χ1) is 10.2. The number of hydrogen-bond acceptors (Lipinski definition) is 4. The molecule has 0 heterocycles. The van der Waals surface area contributed by atoms with E-state index in [1.165, 1.54) is 0 Å². The number of hydrogen-bond donors (Lipinski definition) is 2. The average molecular weight is 314 g/mol. The summed E-state index contributed by atoms with van der Waals surface area (Å²) in [6.07, 6.45) is 2.93. The zero-order valence-corrected chi connectivity index (χ0v) is 13.6. The van der Waals surface area contributed by atoms with Crippen LogP contribution in [0.25, 0.3) is 0 Å². The minimum atomic E-state index is -1.83. The number of methoxy groups -OCH3 is 1. The van der Waals surface area contributed by atoms with E-state index in [0.29, 0.717) is 6.42 Å². The molecule has 6 heteroatoms. The lowest BCUT2D eigenvalue weighted by molar-refractivity contribution is -0.157. The van der Waals surface area contributed by atoms with Gasteiger partial charge in [0.25, 0.3) is 0 Å².